The Labute approximate surface area is 136 Å². The molecule has 4 nitrogen and oxygen atoms in total. The van der Waals surface area contributed by atoms with E-state index < -0.39 is 0 Å². The molecule has 1 heterocycles. The number of halogens is 3. The SMILES string of the molecule is Oc1cccc2c1CCC2=NNc1nc(Cl)c(Cl)cc1Cl. The zero-order valence-corrected chi connectivity index (χ0v) is 13.0. The van der Waals surface area contributed by atoms with Crippen LogP contribution in [0.5, 0.6) is 5.75 Å². The van der Waals surface area contributed by atoms with Crippen LogP contribution in [0.15, 0.2) is 29.4 Å². The maximum absolute atomic E-state index is 9.80. The Bertz CT molecular complexity index is 746. The van der Waals surface area contributed by atoms with Gasteiger partial charge in [0, 0.05) is 11.1 Å². The monoisotopic (exact) mass is 341 g/mol. The number of phenolic OH excluding ortho intramolecular Hbond substituents is 1. The number of nitrogens with one attached hydrogen (secondary N) is 1. The van der Waals surface area contributed by atoms with Gasteiger partial charge in [0.05, 0.1) is 15.8 Å². The average molecular weight is 343 g/mol. The molecule has 108 valence electrons. The van der Waals surface area contributed by atoms with Crippen LogP contribution in [-0.2, 0) is 6.42 Å². The summed E-state index contributed by atoms with van der Waals surface area (Å²) in [4.78, 5) is 4.04. The number of hydrogen-bond donors (Lipinski definition) is 2. The molecule has 0 saturated heterocycles. The summed E-state index contributed by atoms with van der Waals surface area (Å²) in [6.07, 6.45) is 1.49. The molecule has 21 heavy (non-hydrogen) atoms. The molecule has 1 aromatic carbocycles. The highest BCUT2D eigenvalue weighted by Gasteiger charge is 2.20. The van der Waals surface area contributed by atoms with Crippen LogP contribution in [0.3, 0.4) is 0 Å². The first-order valence-corrected chi connectivity index (χ1v) is 7.35. The van der Waals surface area contributed by atoms with Crippen LogP contribution in [0.4, 0.5) is 5.82 Å². The molecule has 0 atom stereocenters. The summed E-state index contributed by atoms with van der Waals surface area (Å²) in [5, 5.41) is 14.9. The molecule has 3 rings (SSSR count). The van der Waals surface area contributed by atoms with Gasteiger partial charge in [0.25, 0.3) is 0 Å². The van der Waals surface area contributed by atoms with Crippen molar-refractivity contribution in [2.24, 2.45) is 5.10 Å². The minimum absolute atomic E-state index is 0.160. The number of rotatable bonds is 2. The predicted octanol–water partition coefficient (Wildman–Crippen LogP) is 4.51. The second-order valence-electron chi connectivity index (χ2n) is 4.56. The van der Waals surface area contributed by atoms with Gasteiger partial charge in [0.15, 0.2) is 5.82 Å². The van der Waals surface area contributed by atoms with E-state index in [9.17, 15) is 5.11 Å². The van der Waals surface area contributed by atoms with Crippen molar-refractivity contribution >= 4 is 46.3 Å². The number of aromatic hydroxyl groups is 1. The van der Waals surface area contributed by atoms with Gasteiger partial charge in [-0.1, -0.05) is 46.9 Å². The molecule has 0 fully saturated rings. The van der Waals surface area contributed by atoms with Crippen LogP contribution in [0.2, 0.25) is 15.2 Å². The summed E-state index contributed by atoms with van der Waals surface area (Å²) in [5.41, 5.74) is 5.48. The van der Waals surface area contributed by atoms with Crippen molar-refractivity contribution in [1.82, 2.24) is 4.98 Å². The molecule has 0 radical (unpaired) electrons. The molecular formula is C14H10Cl3N3O. The maximum atomic E-state index is 9.80. The van der Waals surface area contributed by atoms with E-state index in [0.29, 0.717) is 16.6 Å². The number of hydrogen-bond acceptors (Lipinski definition) is 4. The lowest BCUT2D eigenvalue weighted by Gasteiger charge is -2.06. The van der Waals surface area contributed by atoms with E-state index in [1.165, 1.54) is 6.07 Å². The van der Waals surface area contributed by atoms with Gasteiger partial charge in [0.1, 0.15) is 10.9 Å². The van der Waals surface area contributed by atoms with Gasteiger partial charge in [-0.15, -0.1) is 0 Å². The molecule has 0 bridgehead atoms. The van der Waals surface area contributed by atoms with Gasteiger partial charge >= 0.3 is 0 Å². The molecule has 1 aromatic heterocycles. The summed E-state index contributed by atoms with van der Waals surface area (Å²) in [5.74, 6) is 0.635. The van der Waals surface area contributed by atoms with E-state index in [4.69, 9.17) is 34.8 Å². The van der Waals surface area contributed by atoms with Crippen molar-refractivity contribution in [3.8, 4) is 5.75 Å². The van der Waals surface area contributed by atoms with E-state index in [2.05, 4.69) is 15.5 Å². The van der Waals surface area contributed by atoms with Crippen LogP contribution in [0.25, 0.3) is 0 Å². The Kier molecular flexibility index (Phi) is 3.93. The minimum atomic E-state index is 0.160. The van der Waals surface area contributed by atoms with Gasteiger partial charge < -0.3 is 5.11 Å². The number of pyridine rings is 1. The van der Waals surface area contributed by atoms with Gasteiger partial charge in [-0.05, 0) is 25.0 Å². The number of fused-ring (bicyclic) bond motifs is 1. The van der Waals surface area contributed by atoms with E-state index >= 15 is 0 Å². The second kappa shape index (κ2) is 5.72. The van der Waals surface area contributed by atoms with E-state index in [1.807, 2.05) is 6.07 Å². The van der Waals surface area contributed by atoms with Crippen molar-refractivity contribution in [1.29, 1.82) is 0 Å². The highest BCUT2D eigenvalue weighted by molar-refractivity contribution is 6.42. The lowest BCUT2D eigenvalue weighted by Crippen LogP contribution is -2.01. The minimum Gasteiger partial charge on any atom is -0.508 e. The summed E-state index contributed by atoms with van der Waals surface area (Å²) >= 11 is 17.7. The molecule has 0 unspecified atom stereocenters. The smallest absolute Gasteiger partial charge is 0.166 e. The Morgan fingerprint density at radius 3 is 2.76 bits per heavy atom. The second-order valence-corrected chi connectivity index (χ2v) is 5.74. The Morgan fingerprint density at radius 2 is 1.95 bits per heavy atom. The van der Waals surface area contributed by atoms with Gasteiger partial charge in [0.2, 0.25) is 0 Å². The number of hydrazone groups is 1. The topological polar surface area (TPSA) is 57.5 Å². The average Bonchev–Trinajstić information content (AvgIpc) is 2.86. The van der Waals surface area contributed by atoms with E-state index in [0.717, 1.165) is 29.7 Å². The van der Waals surface area contributed by atoms with Crippen LogP contribution in [0, 0.1) is 0 Å². The molecule has 2 aromatic rings. The third-order valence-corrected chi connectivity index (χ3v) is 4.22. The summed E-state index contributed by atoms with van der Waals surface area (Å²) in [6, 6.07) is 6.90. The number of nitrogens with zero attached hydrogens (tertiary/aromatic N) is 2. The van der Waals surface area contributed by atoms with Crippen LogP contribution < -0.4 is 5.43 Å². The quantitative estimate of drug-likeness (QED) is 0.623. The van der Waals surface area contributed by atoms with E-state index in [-0.39, 0.29) is 10.2 Å². The van der Waals surface area contributed by atoms with Gasteiger partial charge in [-0.3, -0.25) is 5.43 Å². The maximum Gasteiger partial charge on any atom is 0.166 e. The van der Waals surface area contributed by atoms with Crippen molar-refractivity contribution in [2.75, 3.05) is 5.43 Å². The predicted molar refractivity (Wildman–Crippen MR) is 85.9 cm³/mol. The highest BCUT2D eigenvalue weighted by atomic mass is 35.5. The van der Waals surface area contributed by atoms with Crippen LogP contribution in [-0.4, -0.2) is 15.8 Å². The lowest BCUT2D eigenvalue weighted by atomic mass is 10.1. The zero-order chi connectivity index (χ0) is 15.0. The Hall–Kier alpha value is -1.49. The third kappa shape index (κ3) is 2.79. The first-order chi connectivity index (χ1) is 10.1. The Balaban J connectivity index is 1.89. The number of phenols is 1. The van der Waals surface area contributed by atoms with Gasteiger partial charge in [-0.2, -0.15) is 5.10 Å². The first kappa shape index (κ1) is 14.4. The first-order valence-electron chi connectivity index (χ1n) is 6.21. The normalized spacial score (nSPS) is 15.3. The fraction of sp³-hybridized carbons (Fsp3) is 0.143. The largest absolute Gasteiger partial charge is 0.508 e. The molecule has 1 aliphatic rings. The molecule has 7 heteroatoms. The molecule has 0 aliphatic heterocycles. The zero-order valence-electron chi connectivity index (χ0n) is 10.7. The standard InChI is InChI=1S/C14H10Cl3N3O/c15-9-6-10(16)14(18-13(9)17)20-19-11-5-4-8-7(11)2-1-3-12(8)21/h1-3,6,21H,4-5H2,(H,18,20). The van der Waals surface area contributed by atoms with Gasteiger partial charge in [-0.25, -0.2) is 4.98 Å². The molecule has 2 N–H and O–H groups in total. The lowest BCUT2D eigenvalue weighted by molar-refractivity contribution is 0.469. The highest BCUT2D eigenvalue weighted by Crippen LogP contribution is 2.31. The number of benzene rings is 1. The summed E-state index contributed by atoms with van der Waals surface area (Å²) < 4.78 is 0. The van der Waals surface area contributed by atoms with E-state index in [1.54, 1.807) is 12.1 Å². The third-order valence-electron chi connectivity index (χ3n) is 3.26. The van der Waals surface area contributed by atoms with Crippen molar-refractivity contribution in [3.63, 3.8) is 0 Å². The van der Waals surface area contributed by atoms with Crippen molar-refractivity contribution in [3.05, 3.63) is 50.6 Å². The fourth-order valence-corrected chi connectivity index (χ4v) is 2.78. The van der Waals surface area contributed by atoms with Crippen LogP contribution in [0.1, 0.15) is 17.5 Å². The molecule has 0 amide bonds. The molecular weight excluding hydrogens is 333 g/mol. The number of anilines is 1. The number of aromatic nitrogens is 1. The summed E-state index contributed by atoms with van der Waals surface area (Å²) in [6.45, 7) is 0. The van der Waals surface area contributed by atoms with Crippen molar-refractivity contribution in [2.45, 2.75) is 12.8 Å². The Morgan fingerprint density at radius 1 is 1.14 bits per heavy atom. The van der Waals surface area contributed by atoms with Crippen molar-refractivity contribution < 1.29 is 5.11 Å². The summed E-state index contributed by atoms with van der Waals surface area (Å²) in [7, 11) is 0. The molecule has 0 spiro atoms. The van der Waals surface area contributed by atoms with Crippen LogP contribution >= 0.6 is 34.8 Å². The molecule has 1 aliphatic carbocycles. The molecule has 0 saturated carbocycles. The fourth-order valence-electron chi connectivity index (χ4n) is 2.24.